The van der Waals surface area contributed by atoms with Gasteiger partial charge in [0.2, 0.25) is 5.91 Å². The molecule has 0 heterocycles. The van der Waals surface area contributed by atoms with Crippen molar-refractivity contribution in [1.29, 1.82) is 0 Å². The van der Waals surface area contributed by atoms with E-state index in [9.17, 15) is 19.5 Å². The summed E-state index contributed by atoms with van der Waals surface area (Å²) in [5.41, 5.74) is 1.94. The number of amides is 1. The Labute approximate surface area is 234 Å². The normalized spacial score (nSPS) is 11.0. The third-order valence-electron chi connectivity index (χ3n) is 6.77. The van der Waals surface area contributed by atoms with Crippen LogP contribution in [0.25, 0.3) is 0 Å². The number of aryl methyl sites for hydroxylation is 1. The quantitative estimate of drug-likeness (QED) is 0.154. The first kappa shape index (κ1) is 33.5. The first-order chi connectivity index (χ1) is 17.8. The molecule has 0 radical (unpaired) electrons. The number of aliphatic carboxylic acids is 1. The van der Waals surface area contributed by atoms with Crippen molar-refractivity contribution in [2.75, 3.05) is 17.2 Å². The Kier molecular flexibility index (Phi) is 18.5. The van der Waals surface area contributed by atoms with E-state index in [0.717, 1.165) is 36.6 Å². The van der Waals surface area contributed by atoms with E-state index in [2.05, 4.69) is 6.92 Å². The number of rotatable bonds is 21. The molecule has 5 nitrogen and oxygen atoms in total. The van der Waals surface area contributed by atoms with E-state index < -0.39 is 18.4 Å². The van der Waals surface area contributed by atoms with Crippen LogP contribution in [0, 0.1) is 13.8 Å². The Balaban J connectivity index is 2.19. The van der Waals surface area contributed by atoms with Gasteiger partial charge in [-0.1, -0.05) is 126 Å². The van der Waals surface area contributed by atoms with Crippen LogP contribution in [0.2, 0.25) is 5.02 Å². The largest absolute Gasteiger partial charge is 0.480 e. The minimum Gasteiger partial charge on any atom is -0.480 e. The average Bonchev–Trinajstić information content (AvgIpc) is 2.86. The number of hydrogen-bond acceptors (Lipinski definition) is 4. The zero-order valence-corrected chi connectivity index (χ0v) is 24.9. The molecule has 1 amide bonds. The third kappa shape index (κ3) is 14.8. The standard InChI is InChI=1S/C30H48ClNO4S/c1-4-5-6-7-8-9-10-11-12-13-14-15-16-17-18-19-29(36)37-23-27(33)32(22-28(34)35)30-24(2)20-21-26(31)25(30)3/h20-21H,4-19,22-23H2,1-3H3,(H,34,35). The Hall–Kier alpha value is -1.53. The minimum atomic E-state index is -1.11. The summed E-state index contributed by atoms with van der Waals surface area (Å²) in [6, 6.07) is 3.50. The summed E-state index contributed by atoms with van der Waals surface area (Å²) in [4.78, 5) is 37.8. The molecule has 210 valence electrons. The zero-order chi connectivity index (χ0) is 27.5. The summed E-state index contributed by atoms with van der Waals surface area (Å²) >= 11 is 7.19. The molecule has 0 bridgehead atoms. The summed E-state index contributed by atoms with van der Waals surface area (Å²) in [7, 11) is 0. The molecule has 0 aliphatic carbocycles. The second-order valence-corrected chi connectivity index (χ2v) is 11.5. The summed E-state index contributed by atoms with van der Waals surface area (Å²) in [5, 5.41) is 9.78. The smallest absolute Gasteiger partial charge is 0.323 e. The van der Waals surface area contributed by atoms with Crippen LogP contribution in [0.5, 0.6) is 0 Å². The van der Waals surface area contributed by atoms with Crippen molar-refractivity contribution in [2.24, 2.45) is 0 Å². The van der Waals surface area contributed by atoms with E-state index in [1.54, 1.807) is 19.1 Å². The molecule has 1 aromatic carbocycles. The van der Waals surface area contributed by atoms with Crippen molar-refractivity contribution in [3.8, 4) is 0 Å². The monoisotopic (exact) mass is 553 g/mol. The van der Waals surface area contributed by atoms with Crippen LogP contribution in [-0.4, -0.2) is 34.4 Å². The molecule has 7 heteroatoms. The number of thioether (sulfide) groups is 1. The molecule has 1 N–H and O–H groups in total. The maximum atomic E-state index is 12.9. The van der Waals surface area contributed by atoms with Crippen molar-refractivity contribution in [1.82, 2.24) is 0 Å². The lowest BCUT2D eigenvalue weighted by atomic mass is 10.0. The van der Waals surface area contributed by atoms with Crippen molar-refractivity contribution >= 4 is 46.0 Å². The zero-order valence-electron chi connectivity index (χ0n) is 23.3. The molecule has 0 saturated carbocycles. The van der Waals surface area contributed by atoms with Gasteiger partial charge >= 0.3 is 5.97 Å². The molecule has 1 aromatic rings. The van der Waals surface area contributed by atoms with Gasteiger partial charge in [0.1, 0.15) is 6.54 Å². The molecule has 0 fully saturated rings. The fourth-order valence-corrected chi connectivity index (χ4v) is 5.47. The fourth-order valence-electron chi connectivity index (χ4n) is 4.59. The Bertz CT molecular complexity index is 830. The van der Waals surface area contributed by atoms with Crippen LogP contribution < -0.4 is 4.90 Å². The molecular formula is C30H48ClNO4S. The van der Waals surface area contributed by atoms with Gasteiger partial charge in [0.25, 0.3) is 0 Å². The van der Waals surface area contributed by atoms with Crippen LogP contribution in [0.4, 0.5) is 5.69 Å². The predicted molar refractivity (Wildman–Crippen MR) is 158 cm³/mol. The molecular weight excluding hydrogens is 506 g/mol. The first-order valence-electron chi connectivity index (χ1n) is 14.2. The van der Waals surface area contributed by atoms with Crippen LogP contribution >= 0.6 is 23.4 Å². The van der Waals surface area contributed by atoms with Crippen molar-refractivity contribution < 1.29 is 19.5 Å². The molecule has 0 aliphatic rings. The third-order valence-corrected chi connectivity index (χ3v) is 8.10. The van der Waals surface area contributed by atoms with Gasteiger partial charge in [0.15, 0.2) is 5.12 Å². The number of unbranched alkanes of at least 4 members (excludes halogenated alkanes) is 14. The lowest BCUT2D eigenvalue weighted by Gasteiger charge is -2.25. The topological polar surface area (TPSA) is 74.7 Å². The number of carboxylic acids is 1. The summed E-state index contributed by atoms with van der Waals surface area (Å²) in [5.74, 6) is -1.58. The van der Waals surface area contributed by atoms with Gasteiger partial charge in [-0.15, -0.1) is 0 Å². The average molecular weight is 554 g/mol. The van der Waals surface area contributed by atoms with Gasteiger partial charge in [-0.2, -0.15) is 0 Å². The number of hydrogen-bond donors (Lipinski definition) is 1. The number of halogens is 1. The maximum absolute atomic E-state index is 12.9. The molecule has 37 heavy (non-hydrogen) atoms. The van der Waals surface area contributed by atoms with E-state index in [4.69, 9.17) is 11.6 Å². The highest BCUT2D eigenvalue weighted by Crippen LogP contribution is 2.31. The highest BCUT2D eigenvalue weighted by atomic mass is 35.5. The minimum absolute atomic E-state index is 0.0159. The molecule has 0 aromatic heterocycles. The lowest BCUT2D eigenvalue weighted by molar-refractivity contribution is -0.136. The predicted octanol–water partition coefficient (Wildman–Crippen LogP) is 8.90. The van der Waals surface area contributed by atoms with Crippen LogP contribution in [0.1, 0.15) is 121 Å². The second kappa shape index (κ2) is 20.4. The van der Waals surface area contributed by atoms with Gasteiger partial charge in [0, 0.05) is 11.4 Å². The highest BCUT2D eigenvalue weighted by Gasteiger charge is 2.24. The van der Waals surface area contributed by atoms with E-state index in [1.165, 1.54) is 81.9 Å². The highest BCUT2D eigenvalue weighted by molar-refractivity contribution is 8.14. The SMILES string of the molecule is CCCCCCCCCCCCCCCCCC(=O)SCC(=O)N(CC(=O)O)c1c(C)ccc(Cl)c1C. The molecule has 1 rings (SSSR count). The fraction of sp³-hybridized carbons (Fsp3) is 0.700. The van der Waals surface area contributed by atoms with Crippen LogP contribution in [-0.2, 0) is 14.4 Å². The van der Waals surface area contributed by atoms with Gasteiger partial charge < -0.3 is 5.11 Å². The summed E-state index contributed by atoms with van der Waals surface area (Å²) in [6.45, 7) is 5.38. The molecule has 0 unspecified atom stereocenters. The summed E-state index contributed by atoms with van der Waals surface area (Å²) in [6.07, 6.45) is 19.6. The van der Waals surface area contributed by atoms with E-state index in [0.29, 0.717) is 22.7 Å². The van der Waals surface area contributed by atoms with E-state index in [-0.39, 0.29) is 10.9 Å². The molecule has 0 saturated heterocycles. The van der Waals surface area contributed by atoms with E-state index in [1.807, 2.05) is 6.92 Å². The number of carbonyl (C=O) groups is 3. The van der Waals surface area contributed by atoms with Crippen molar-refractivity contribution in [2.45, 2.75) is 124 Å². The first-order valence-corrected chi connectivity index (χ1v) is 15.6. The van der Waals surface area contributed by atoms with Gasteiger partial charge in [-0.3, -0.25) is 19.3 Å². The Morgan fingerprint density at radius 1 is 0.811 bits per heavy atom. The van der Waals surface area contributed by atoms with Gasteiger partial charge in [-0.25, -0.2) is 0 Å². The number of carboxylic acid groups (broad SMARTS) is 1. The number of anilines is 1. The summed E-state index contributed by atoms with van der Waals surface area (Å²) < 4.78 is 0. The van der Waals surface area contributed by atoms with Gasteiger partial charge in [-0.05, 0) is 37.5 Å². The van der Waals surface area contributed by atoms with Crippen LogP contribution in [0.3, 0.4) is 0 Å². The van der Waals surface area contributed by atoms with Crippen molar-refractivity contribution in [3.63, 3.8) is 0 Å². The Morgan fingerprint density at radius 3 is 1.78 bits per heavy atom. The molecule has 0 aliphatic heterocycles. The Morgan fingerprint density at radius 2 is 1.30 bits per heavy atom. The van der Waals surface area contributed by atoms with Crippen molar-refractivity contribution in [3.05, 3.63) is 28.3 Å². The number of nitrogens with zero attached hydrogens (tertiary/aromatic N) is 1. The maximum Gasteiger partial charge on any atom is 0.323 e. The molecule has 0 spiro atoms. The second-order valence-electron chi connectivity index (χ2n) is 10.1. The van der Waals surface area contributed by atoms with E-state index >= 15 is 0 Å². The lowest BCUT2D eigenvalue weighted by Crippen LogP contribution is -2.38. The van der Waals surface area contributed by atoms with Crippen LogP contribution in [0.15, 0.2) is 12.1 Å². The van der Waals surface area contributed by atoms with Gasteiger partial charge in [0.05, 0.1) is 11.4 Å². The molecule has 0 atom stereocenters. The number of carbonyl (C=O) groups excluding carboxylic acids is 2. The number of benzene rings is 1.